The van der Waals surface area contributed by atoms with Gasteiger partial charge in [0.05, 0.1) is 0 Å². The third-order valence-electron chi connectivity index (χ3n) is 4.76. The minimum Gasteiger partial charge on any atom is -0.351 e. The van der Waals surface area contributed by atoms with Crippen molar-refractivity contribution < 1.29 is 14.4 Å². The van der Waals surface area contributed by atoms with Crippen LogP contribution in [0.3, 0.4) is 0 Å². The van der Waals surface area contributed by atoms with Crippen molar-refractivity contribution in [3.63, 3.8) is 0 Å². The van der Waals surface area contributed by atoms with E-state index in [0.717, 1.165) is 11.3 Å². The molecule has 1 aliphatic heterocycles. The Morgan fingerprint density at radius 3 is 2.40 bits per heavy atom. The van der Waals surface area contributed by atoms with Gasteiger partial charge >= 0.3 is 6.03 Å². The Bertz CT molecular complexity index is 913. The Labute approximate surface area is 180 Å². The number of urea groups is 1. The number of hydrogen-bond donors (Lipinski definition) is 3. The molecule has 3 rings (SSSR count). The van der Waals surface area contributed by atoms with Gasteiger partial charge in [0.2, 0.25) is 11.8 Å². The first-order chi connectivity index (χ1) is 14.3. The van der Waals surface area contributed by atoms with E-state index in [2.05, 4.69) is 16.0 Å². The largest absolute Gasteiger partial charge is 0.351 e. The van der Waals surface area contributed by atoms with Gasteiger partial charge in [-0.1, -0.05) is 23.7 Å². The van der Waals surface area contributed by atoms with Gasteiger partial charge in [0.1, 0.15) is 5.92 Å². The van der Waals surface area contributed by atoms with E-state index in [1.807, 2.05) is 26.0 Å². The summed E-state index contributed by atoms with van der Waals surface area (Å²) in [5.74, 6) is -1.18. The van der Waals surface area contributed by atoms with Crippen LogP contribution >= 0.6 is 11.6 Å². The first kappa shape index (κ1) is 21.6. The number of carbonyl (C=O) groups is 3. The van der Waals surface area contributed by atoms with Crippen molar-refractivity contribution in [2.45, 2.75) is 32.9 Å². The molecule has 0 spiro atoms. The van der Waals surface area contributed by atoms with E-state index in [1.165, 1.54) is 0 Å². The van der Waals surface area contributed by atoms with Crippen LogP contribution in [-0.4, -0.2) is 30.4 Å². The Morgan fingerprint density at radius 2 is 1.77 bits per heavy atom. The maximum Gasteiger partial charge on any atom is 0.319 e. The number of nitrogens with one attached hydrogen (secondary N) is 3. The maximum absolute atomic E-state index is 12.7. The summed E-state index contributed by atoms with van der Waals surface area (Å²) < 4.78 is 0. The monoisotopic (exact) mass is 428 g/mol. The normalized spacial score (nSPS) is 15.9. The van der Waals surface area contributed by atoms with Crippen LogP contribution in [0.25, 0.3) is 0 Å². The van der Waals surface area contributed by atoms with Gasteiger partial charge in [0.25, 0.3) is 0 Å². The van der Waals surface area contributed by atoms with Gasteiger partial charge in [-0.3, -0.25) is 9.59 Å². The summed E-state index contributed by atoms with van der Waals surface area (Å²) in [4.78, 5) is 38.5. The van der Waals surface area contributed by atoms with Crippen molar-refractivity contribution in [2.24, 2.45) is 5.92 Å². The predicted octanol–water partition coefficient (Wildman–Crippen LogP) is 3.54. The first-order valence-electron chi connectivity index (χ1n) is 9.84. The van der Waals surface area contributed by atoms with Crippen LogP contribution in [0, 0.1) is 5.92 Å². The first-order valence-corrected chi connectivity index (χ1v) is 10.2. The second-order valence-corrected chi connectivity index (χ2v) is 7.91. The van der Waals surface area contributed by atoms with Crippen molar-refractivity contribution in [3.05, 3.63) is 59.1 Å². The van der Waals surface area contributed by atoms with E-state index >= 15 is 0 Å². The zero-order valence-electron chi connectivity index (χ0n) is 16.9. The Balaban J connectivity index is 1.51. The van der Waals surface area contributed by atoms with Crippen molar-refractivity contribution >= 4 is 40.8 Å². The molecule has 30 heavy (non-hydrogen) atoms. The molecule has 7 nitrogen and oxygen atoms in total. The number of carbonyl (C=O) groups excluding carboxylic acids is 3. The molecule has 1 fully saturated rings. The number of nitrogens with zero attached hydrogens (tertiary/aromatic N) is 1. The summed E-state index contributed by atoms with van der Waals surface area (Å²) in [6.07, 6.45) is 0.473. The summed E-state index contributed by atoms with van der Waals surface area (Å²) in [5, 5.41) is 8.92. The number of benzene rings is 2. The molecule has 4 amide bonds. The van der Waals surface area contributed by atoms with E-state index in [-0.39, 0.29) is 23.9 Å². The fraction of sp³-hybridized carbons (Fsp3) is 0.318. The SMILES string of the molecule is CC(C)NC(=O)Nc1ccc(CNC(=O)C2CCN(c3ccc(Cl)cc3)C2=O)cc1. The van der Waals surface area contributed by atoms with E-state index in [9.17, 15) is 14.4 Å². The smallest absolute Gasteiger partial charge is 0.319 e. The van der Waals surface area contributed by atoms with Gasteiger partial charge in [-0.25, -0.2) is 4.79 Å². The van der Waals surface area contributed by atoms with Gasteiger partial charge in [0.15, 0.2) is 0 Å². The quantitative estimate of drug-likeness (QED) is 0.614. The molecule has 2 aromatic carbocycles. The van der Waals surface area contributed by atoms with E-state index in [1.54, 1.807) is 41.3 Å². The summed E-state index contributed by atoms with van der Waals surface area (Å²) in [6.45, 7) is 4.57. The Morgan fingerprint density at radius 1 is 1.10 bits per heavy atom. The molecule has 0 saturated carbocycles. The number of halogens is 1. The van der Waals surface area contributed by atoms with Crippen LogP contribution < -0.4 is 20.9 Å². The molecule has 0 aliphatic carbocycles. The van der Waals surface area contributed by atoms with Crippen molar-refractivity contribution in [3.8, 4) is 0 Å². The minimum atomic E-state index is -0.693. The number of amides is 4. The Hall–Kier alpha value is -3.06. The average Bonchev–Trinajstić information content (AvgIpc) is 3.08. The van der Waals surface area contributed by atoms with Crippen LogP contribution in [0.1, 0.15) is 25.8 Å². The molecule has 158 valence electrons. The van der Waals surface area contributed by atoms with Crippen molar-refractivity contribution in [1.82, 2.24) is 10.6 Å². The standard InChI is InChI=1S/C22H25ClN4O3/c1-14(2)25-22(30)26-17-7-3-15(4-8-17)13-24-20(28)19-11-12-27(21(19)29)18-9-5-16(23)6-10-18/h3-10,14,19H,11-13H2,1-2H3,(H,24,28)(H2,25,26,30). The topological polar surface area (TPSA) is 90.5 Å². The lowest BCUT2D eigenvalue weighted by Crippen LogP contribution is -2.36. The van der Waals surface area contributed by atoms with Crippen LogP contribution in [0.4, 0.5) is 16.2 Å². The van der Waals surface area contributed by atoms with Crippen molar-refractivity contribution in [2.75, 3.05) is 16.8 Å². The molecule has 1 heterocycles. The lowest BCUT2D eigenvalue weighted by Gasteiger charge is -2.17. The van der Waals surface area contributed by atoms with Gasteiger partial charge < -0.3 is 20.9 Å². The molecule has 3 N–H and O–H groups in total. The van der Waals surface area contributed by atoms with Crippen LogP contribution in [0.5, 0.6) is 0 Å². The highest BCUT2D eigenvalue weighted by molar-refractivity contribution is 6.30. The third kappa shape index (κ3) is 5.51. The summed E-state index contributed by atoms with van der Waals surface area (Å²) in [5.41, 5.74) is 2.27. The third-order valence-corrected chi connectivity index (χ3v) is 5.01. The number of rotatable bonds is 6. The predicted molar refractivity (Wildman–Crippen MR) is 117 cm³/mol. The molecular formula is C22H25ClN4O3. The highest BCUT2D eigenvalue weighted by atomic mass is 35.5. The molecule has 1 aliphatic rings. The van der Waals surface area contributed by atoms with E-state index < -0.39 is 5.92 Å². The van der Waals surface area contributed by atoms with Gasteiger partial charge in [-0.2, -0.15) is 0 Å². The lowest BCUT2D eigenvalue weighted by molar-refractivity contribution is -0.132. The molecule has 8 heteroatoms. The molecule has 1 unspecified atom stereocenters. The van der Waals surface area contributed by atoms with Gasteiger partial charge in [-0.15, -0.1) is 0 Å². The van der Waals surface area contributed by atoms with Crippen LogP contribution in [-0.2, 0) is 16.1 Å². The number of anilines is 2. The number of hydrogen-bond acceptors (Lipinski definition) is 3. The average molecular weight is 429 g/mol. The second kappa shape index (κ2) is 9.63. The van der Waals surface area contributed by atoms with Crippen LogP contribution in [0.15, 0.2) is 48.5 Å². The molecular weight excluding hydrogens is 404 g/mol. The second-order valence-electron chi connectivity index (χ2n) is 7.48. The summed E-state index contributed by atoms with van der Waals surface area (Å²) in [6, 6.07) is 14.0. The highest BCUT2D eigenvalue weighted by Gasteiger charge is 2.37. The molecule has 1 saturated heterocycles. The maximum atomic E-state index is 12.7. The van der Waals surface area contributed by atoms with E-state index in [4.69, 9.17) is 11.6 Å². The fourth-order valence-electron chi connectivity index (χ4n) is 3.25. The minimum absolute atomic E-state index is 0.0494. The summed E-state index contributed by atoms with van der Waals surface area (Å²) in [7, 11) is 0. The zero-order valence-corrected chi connectivity index (χ0v) is 17.7. The Kier molecular flexibility index (Phi) is 6.95. The molecule has 0 bridgehead atoms. The lowest BCUT2D eigenvalue weighted by atomic mass is 10.1. The molecule has 0 radical (unpaired) electrons. The van der Waals surface area contributed by atoms with Gasteiger partial charge in [-0.05, 0) is 62.2 Å². The molecule has 1 atom stereocenters. The molecule has 2 aromatic rings. The highest BCUT2D eigenvalue weighted by Crippen LogP contribution is 2.26. The van der Waals surface area contributed by atoms with Crippen LogP contribution in [0.2, 0.25) is 5.02 Å². The van der Waals surface area contributed by atoms with Crippen molar-refractivity contribution in [1.29, 1.82) is 0 Å². The van der Waals surface area contributed by atoms with Gasteiger partial charge in [0, 0.05) is 35.5 Å². The zero-order chi connectivity index (χ0) is 21.7. The molecule has 0 aromatic heterocycles. The van der Waals surface area contributed by atoms with E-state index in [0.29, 0.717) is 30.2 Å². The fourth-order valence-corrected chi connectivity index (χ4v) is 3.37. The summed E-state index contributed by atoms with van der Waals surface area (Å²) >= 11 is 5.90.